The number of aromatic nitrogens is 1. The standard InChI is InChI=1S/C22H21N3O/c1-14-12-18(15(2)25(14)13-17-8-5-11-26-17)22-23-19-9-3-6-16-7-4-10-20(24-22)21(16)19/h3-12,22-24H,13H2,1-2H3. The maximum Gasteiger partial charge on any atom is 0.125 e. The number of aryl methyl sites for hydroxylation is 1. The van der Waals surface area contributed by atoms with Gasteiger partial charge in [0.25, 0.3) is 0 Å². The molecule has 2 aromatic carbocycles. The molecule has 5 rings (SSSR count). The molecule has 0 atom stereocenters. The first-order valence-electron chi connectivity index (χ1n) is 8.94. The smallest absolute Gasteiger partial charge is 0.125 e. The van der Waals surface area contributed by atoms with Crippen molar-refractivity contribution >= 4 is 22.1 Å². The van der Waals surface area contributed by atoms with Crippen LogP contribution in [-0.2, 0) is 6.54 Å². The molecule has 0 unspecified atom stereocenters. The Labute approximate surface area is 152 Å². The highest BCUT2D eigenvalue weighted by Gasteiger charge is 2.24. The van der Waals surface area contributed by atoms with Crippen LogP contribution in [0.2, 0.25) is 0 Å². The molecule has 0 amide bonds. The van der Waals surface area contributed by atoms with E-state index in [9.17, 15) is 0 Å². The van der Waals surface area contributed by atoms with Crippen LogP contribution in [0.25, 0.3) is 10.8 Å². The Morgan fingerprint density at radius 1 is 0.962 bits per heavy atom. The van der Waals surface area contributed by atoms with Crippen molar-refractivity contribution in [1.82, 2.24) is 4.57 Å². The highest BCUT2D eigenvalue weighted by molar-refractivity contribution is 6.04. The Hall–Kier alpha value is -3.14. The van der Waals surface area contributed by atoms with E-state index in [0.717, 1.165) is 12.3 Å². The second kappa shape index (κ2) is 5.70. The zero-order chi connectivity index (χ0) is 17.7. The molecular weight excluding hydrogens is 322 g/mol. The van der Waals surface area contributed by atoms with Gasteiger partial charge in [0.1, 0.15) is 11.9 Å². The van der Waals surface area contributed by atoms with Crippen molar-refractivity contribution in [2.75, 3.05) is 10.6 Å². The summed E-state index contributed by atoms with van der Waals surface area (Å²) in [6.45, 7) is 5.08. The first-order chi connectivity index (χ1) is 12.7. The summed E-state index contributed by atoms with van der Waals surface area (Å²) in [6.07, 6.45) is 1.78. The summed E-state index contributed by atoms with van der Waals surface area (Å²) in [7, 11) is 0. The van der Waals surface area contributed by atoms with E-state index < -0.39 is 0 Å². The molecule has 0 bridgehead atoms. The van der Waals surface area contributed by atoms with Gasteiger partial charge in [-0.05, 0) is 49.6 Å². The van der Waals surface area contributed by atoms with E-state index in [0.29, 0.717) is 0 Å². The van der Waals surface area contributed by atoms with E-state index in [2.05, 4.69) is 71.5 Å². The first kappa shape index (κ1) is 15.1. The van der Waals surface area contributed by atoms with Gasteiger partial charge in [0.2, 0.25) is 0 Å². The number of furan rings is 1. The van der Waals surface area contributed by atoms with E-state index in [1.54, 1.807) is 6.26 Å². The molecule has 1 aliphatic rings. The monoisotopic (exact) mass is 343 g/mol. The fourth-order valence-electron chi connectivity index (χ4n) is 4.01. The molecule has 2 N–H and O–H groups in total. The lowest BCUT2D eigenvalue weighted by Gasteiger charge is -2.29. The quantitative estimate of drug-likeness (QED) is 0.521. The number of nitrogens with zero attached hydrogens (tertiary/aromatic N) is 1. The Morgan fingerprint density at radius 2 is 1.69 bits per heavy atom. The molecule has 3 heterocycles. The lowest BCUT2D eigenvalue weighted by atomic mass is 10.0. The normalized spacial score (nSPS) is 13.6. The van der Waals surface area contributed by atoms with Gasteiger partial charge in [0, 0.05) is 33.7 Å². The summed E-state index contributed by atoms with van der Waals surface area (Å²) in [6, 6.07) is 19.1. The van der Waals surface area contributed by atoms with Gasteiger partial charge in [-0.1, -0.05) is 24.3 Å². The summed E-state index contributed by atoms with van der Waals surface area (Å²) < 4.78 is 7.84. The molecule has 0 fully saturated rings. The lowest BCUT2D eigenvalue weighted by Crippen LogP contribution is -2.24. The molecule has 4 aromatic rings. The second-order valence-electron chi connectivity index (χ2n) is 6.92. The molecule has 0 saturated carbocycles. The molecule has 0 saturated heterocycles. The van der Waals surface area contributed by atoms with Crippen molar-refractivity contribution in [1.29, 1.82) is 0 Å². The van der Waals surface area contributed by atoms with Crippen molar-refractivity contribution in [2.45, 2.75) is 26.6 Å². The van der Waals surface area contributed by atoms with Gasteiger partial charge in [-0.3, -0.25) is 0 Å². The van der Waals surface area contributed by atoms with Gasteiger partial charge in [0.05, 0.1) is 12.8 Å². The van der Waals surface area contributed by atoms with E-state index >= 15 is 0 Å². The van der Waals surface area contributed by atoms with Crippen LogP contribution in [0.1, 0.15) is 28.9 Å². The predicted molar refractivity (Wildman–Crippen MR) is 106 cm³/mol. The molecular formula is C22H21N3O. The molecule has 4 nitrogen and oxygen atoms in total. The highest BCUT2D eigenvalue weighted by Crippen LogP contribution is 2.39. The summed E-state index contributed by atoms with van der Waals surface area (Å²) in [5.74, 6) is 0.970. The van der Waals surface area contributed by atoms with Crippen LogP contribution in [0.3, 0.4) is 0 Å². The van der Waals surface area contributed by atoms with Gasteiger partial charge in [-0.25, -0.2) is 0 Å². The average Bonchev–Trinajstić information content (AvgIpc) is 3.26. The highest BCUT2D eigenvalue weighted by atomic mass is 16.3. The Morgan fingerprint density at radius 3 is 2.35 bits per heavy atom. The zero-order valence-electron chi connectivity index (χ0n) is 14.9. The van der Waals surface area contributed by atoms with Crippen LogP contribution in [0.15, 0.2) is 65.3 Å². The maximum absolute atomic E-state index is 5.54. The van der Waals surface area contributed by atoms with Gasteiger partial charge in [-0.15, -0.1) is 0 Å². The maximum atomic E-state index is 5.54. The summed E-state index contributed by atoms with van der Waals surface area (Å²) >= 11 is 0. The SMILES string of the molecule is Cc1cc(C2Nc3cccc4cccc(c34)N2)c(C)n1Cc1ccco1. The average molecular weight is 343 g/mol. The number of benzene rings is 2. The van der Waals surface area contributed by atoms with Crippen molar-refractivity contribution in [2.24, 2.45) is 0 Å². The number of nitrogens with one attached hydrogen (secondary N) is 2. The number of anilines is 2. The van der Waals surface area contributed by atoms with Crippen LogP contribution in [0.5, 0.6) is 0 Å². The Balaban J connectivity index is 1.54. The third-order valence-corrected chi connectivity index (χ3v) is 5.32. The first-order valence-corrected chi connectivity index (χ1v) is 8.94. The fourth-order valence-corrected chi connectivity index (χ4v) is 4.01. The fraction of sp³-hybridized carbons (Fsp3) is 0.182. The van der Waals surface area contributed by atoms with E-state index in [1.165, 1.54) is 39.1 Å². The van der Waals surface area contributed by atoms with Gasteiger partial charge in [0.15, 0.2) is 0 Å². The molecule has 130 valence electrons. The largest absolute Gasteiger partial charge is 0.467 e. The number of hydrogen-bond donors (Lipinski definition) is 2. The van der Waals surface area contributed by atoms with Gasteiger partial charge >= 0.3 is 0 Å². The minimum atomic E-state index is 0.0482. The van der Waals surface area contributed by atoms with Crippen molar-refractivity contribution in [3.05, 3.63) is 83.6 Å². The third kappa shape index (κ3) is 2.30. The zero-order valence-corrected chi connectivity index (χ0v) is 14.9. The summed E-state index contributed by atoms with van der Waals surface area (Å²) in [4.78, 5) is 0. The Kier molecular flexibility index (Phi) is 3.32. The molecule has 0 aliphatic carbocycles. The van der Waals surface area contributed by atoms with E-state index in [1.807, 2.05) is 12.1 Å². The van der Waals surface area contributed by atoms with Crippen molar-refractivity contribution in [3.8, 4) is 0 Å². The predicted octanol–water partition coefficient (Wildman–Crippen LogP) is 5.44. The van der Waals surface area contributed by atoms with Crippen LogP contribution in [0.4, 0.5) is 11.4 Å². The van der Waals surface area contributed by atoms with Gasteiger partial charge < -0.3 is 19.6 Å². The van der Waals surface area contributed by atoms with Crippen molar-refractivity contribution in [3.63, 3.8) is 0 Å². The van der Waals surface area contributed by atoms with Crippen LogP contribution in [-0.4, -0.2) is 4.57 Å². The van der Waals surface area contributed by atoms with Crippen molar-refractivity contribution < 1.29 is 4.42 Å². The molecule has 26 heavy (non-hydrogen) atoms. The molecule has 4 heteroatoms. The minimum absolute atomic E-state index is 0.0482. The van der Waals surface area contributed by atoms with E-state index in [4.69, 9.17) is 4.42 Å². The van der Waals surface area contributed by atoms with Crippen LogP contribution < -0.4 is 10.6 Å². The third-order valence-electron chi connectivity index (χ3n) is 5.32. The molecule has 2 aromatic heterocycles. The van der Waals surface area contributed by atoms with E-state index in [-0.39, 0.29) is 6.17 Å². The molecule has 0 radical (unpaired) electrons. The minimum Gasteiger partial charge on any atom is -0.467 e. The van der Waals surface area contributed by atoms with Gasteiger partial charge in [-0.2, -0.15) is 0 Å². The summed E-state index contributed by atoms with van der Waals surface area (Å²) in [5, 5.41) is 9.85. The van der Waals surface area contributed by atoms with Crippen LogP contribution >= 0.6 is 0 Å². The topological polar surface area (TPSA) is 42.1 Å². The summed E-state index contributed by atoms with van der Waals surface area (Å²) in [5.41, 5.74) is 6.10. The Bertz CT molecular complexity index is 1050. The lowest BCUT2D eigenvalue weighted by molar-refractivity contribution is 0.489. The van der Waals surface area contributed by atoms with Crippen LogP contribution in [0, 0.1) is 13.8 Å². The molecule has 1 aliphatic heterocycles. The molecule has 0 spiro atoms. The number of hydrogen-bond acceptors (Lipinski definition) is 3. The number of rotatable bonds is 3. The second-order valence-corrected chi connectivity index (χ2v) is 6.92.